The Morgan fingerprint density at radius 1 is 0.733 bits per heavy atom. The van der Waals surface area contributed by atoms with Gasteiger partial charge in [0.25, 0.3) is 20.0 Å². The van der Waals surface area contributed by atoms with Gasteiger partial charge in [-0.2, -0.15) is 0 Å². The number of aromatic carboxylic acids is 1. The first-order chi connectivity index (χ1) is 14.1. The van der Waals surface area contributed by atoms with Crippen LogP contribution in [0, 0.1) is 5.82 Å². The van der Waals surface area contributed by atoms with Crippen molar-refractivity contribution in [1.82, 2.24) is 0 Å². The Hall–Kier alpha value is -3.44. The molecule has 0 aliphatic heterocycles. The summed E-state index contributed by atoms with van der Waals surface area (Å²) in [5.74, 6) is -1.83. The highest BCUT2D eigenvalue weighted by Crippen LogP contribution is 2.21. The highest BCUT2D eigenvalue weighted by atomic mass is 32.2. The van der Waals surface area contributed by atoms with Crippen molar-refractivity contribution in [2.75, 3.05) is 9.44 Å². The van der Waals surface area contributed by atoms with Crippen molar-refractivity contribution in [2.45, 2.75) is 9.79 Å². The molecule has 0 spiro atoms. The average molecular weight is 450 g/mol. The van der Waals surface area contributed by atoms with Gasteiger partial charge in [0, 0.05) is 11.4 Å². The fraction of sp³-hybridized carbons (Fsp3) is 0. The molecule has 0 radical (unpaired) electrons. The Morgan fingerprint density at radius 2 is 1.23 bits per heavy atom. The molecule has 0 aliphatic rings. The lowest BCUT2D eigenvalue weighted by molar-refractivity contribution is 0.0696. The van der Waals surface area contributed by atoms with Gasteiger partial charge in [-0.25, -0.2) is 26.0 Å². The summed E-state index contributed by atoms with van der Waals surface area (Å²) < 4.78 is 67.1. The second-order valence-electron chi connectivity index (χ2n) is 6.08. The Balaban J connectivity index is 1.76. The van der Waals surface area contributed by atoms with Gasteiger partial charge in [-0.05, 0) is 66.7 Å². The van der Waals surface area contributed by atoms with E-state index < -0.39 is 31.8 Å². The first-order valence-electron chi connectivity index (χ1n) is 8.31. The molecule has 30 heavy (non-hydrogen) atoms. The van der Waals surface area contributed by atoms with E-state index in [-0.39, 0.29) is 26.7 Å². The van der Waals surface area contributed by atoms with Crippen LogP contribution in [0.25, 0.3) is 0 Å². The summed E-state index contributed by atoms with van der Waals surface area (Å²) in [6, 6.07) is 14.5. The van der Waals surface area contributed by atoms with E-state index in [1.165, 1.54) is 42.5 Å². The summed E-state index contributed by atoms with van der Waals surface area (Å²) in [4.78, 5) is 10.7. The molecule has 3 aromatic rings. The largest absolute Gasteiger partial charge is 0.478 e. The third-order valence-corrected chi connectivity index (χ3v) is 6.68. The molecule has 0 fully saturated rings. The van der Waals surface area contributed by atoms with Gasteiger partial charge >= 0.3 is 5.97 Å². The number of anilines is 2. The van der Waals surface area contributed by atoms with E-state index in [4.69, 9.17) is 5.11 Å². The second kappa shape index (κ2) is 8.13. The lowest BCUT2D eigenvalue weighted by Gasteiger charge is -2.11. The molecule has 156 valence electrons. The van der Waals surface area contributed by atoms with Crippen LogP contribution in [-0.4, -0.2) is 27.9 Å². The van der Waals surface area contributed by atoms with Crippen LogP contribution in [-0.2, 0) is 20.0 Å². The maximum Gasteiger partial charge on any atom is 0.335 e. The quantitative estimate of drug-likeness (QED) is 0.507. The molecular formula is C19H15FN2O6S2. The number of sulfonamides is 2. The molecule has 0 saturated carbocycles. The van der Waals surface area contributed by atoms with E-state index in [9.17, 15) is 26.0 Å². The molecule has 0 aliphatic carbocycles. The molecule has 0 atom stereocenters. The van der Waals surface area contributed by atoms with Crippen molar-refractivity contribution in [3.8, 4) is 0 Å². The van der Waals surface area contributed by atoms with E-state index in [0.29, 0.717) is 0 Å². The smallest absolute Gasteiger partial charge is 0.335 e. The summed E-state index contributed by atoms with van der Waals surface area (Å²) in [5.41, 5.74) is 0.124. The maximum absolute atomic E-state index is 13.0. The van der Waals surface area contributed by atoms with Gasteiger partial charge < -0.3 is 5.11 Å². The topological polar surface area (TPSA) is 130 Å². The summed E-state index contributed by atoms with van der Waals surface area (Å²) in [7, 11) is -8.00. The van der Waals surface area contributed by atoms with Crippen LogP contribution in [0.1, 0.15) is 10.4 Å². The van der Waals surface area contributed by atoms with Gasteiger partial charge in [0.15, 0.2) is 0 Å². The van der Waals surface area contributed by atoms with Crippen LogP contribution in [0.3, 0.4) is 0 Å². The van der Waals surface area contributed by atoms with Crippen LogP contribution in [0.15, 0.2) is 82.6 Å². The first kappa shape index (κ1) is 21.3. The number of benzene rings is 3. The number of rotatable bonds is 7. The minimum atomic E-state index is -4.05. The van der Waals surface area contributed by atoms with Crippen LogP contribution in [0.5, 0.6) is 0 Å². The van der Waals surface area contributed by atoms with E-state index in [1.807, 2.05) is 0 Å². The van der Waals surface area contributed by atoms with Gasteiger partial charge in [0.05, 0.1) is 15.4 Å². The zero-order chi connectivity index (χ0) is 21.9. The molecule has 0 heterocycles. The highest BCUT2D eigenvalue weighted by Gasteiger charge is 2.17. The van der Waals surface area contributed by atoms with Crippen LogP contribution in [0.2, 0.25) is 0 Å². The van der Waals surface area contributed by atoms with Crippen molar-refractivity contribution < 1.29 is 31.1 Å². The highest BCUT2D eigenvalue weighted by molar-refractivity contribution is 7.93. The fourth-order valence-corrected chi connectivity index (χ4v) is 4.61. The molecule has 3 aromatic carbocycles. The monoisotopic (exact) mass is 450 g/mol. The molecule has 0 amide bonds. The Labute approximate surface area is 172 Å². The standard InChI is InChI=1S/C19H15FN2O6S2/c20-14-4-10-17(11-5-14)29(25,26)21-15-6-8-16(9-7-15)22-30(27,28)18-3-1-2-13(12-18)19(23)24/h1-12,21-22H,(H,23,24). The lowest BCUT2D eigenvalue weighted by Crippen LogP contribution is -2.14. The van der Waals surface area contributed by atoms with Crippen LogP contribution >= 0.6 is 0 Å². The minimum absolute atomic E-state index is 0.132. The number of halogens is 1. The Morgan fingerprint density at radius 3 is 1.73 bits per heavy atom. The molecule has 3 N–H and O–H groups in total. The molecule has 0 unspecified atom stereocenters. The number of carboxylic acid groups (broad SMARTS) is 1. The number of carboxylic acids is 1. The Bertz CT molecular complexity index is 1290. The number of nitrogens with one attached hydrogen (secondary N) is 2. The van der Waals surface area contributed by atoms with E-state index in [0.717, 1.165) is 30.3 Å². The van der Waals surface area contributed by atoms with Crippen LogP contribution in [0.4, 0.5) is 15.8 Å². The maximum atomic E-state index is 13.0. The van der Waals surface area contributed by atoms with Gasteiger partial charge in [-0.15, -0.1) is 0 Å². The van der Waals surface area contributed by atoms with Gasteiger partial charge in [-0.3, -0.25) is 9.44 Å². The molecule has 0 aromatic heterocycles. The number of hydrogen-bond donors (Lipinski definition) is 3. The second-order valence-corrected chi connectivity index (χ2v) is 9.44. The van der Waals surface area contributed by atoms with E-state index >= 15 is 0 Å². The van der Waals surface area contributed by atoms with Crippen LogP contribution < -0.4 is 9.44 Å². The predicted molar refractivity (Wildman–Crippen MR) is 108 cm³/mol. The van der Waals surface area contributed by atoms with Crippen molar-refractivity contribution in [2.24, 2.45) is 0 Å². The first-order valence-corrected chi connectivity index (χ1v) is 11.3. The summed E-state index contributed by atoms with van der Waals surface area (Å²) in [6.07, 6.45) is 0. The Kier molecular flexibility index (Phi) is 5.76. The van der Waals surface area contributed by atoms with Gasteiger partial charge in [-0.1, -0.05) is 6.07 Å². The van der Waals surface area contributed by atoms with Gasteiger partial charge in [0.2, 0.25) is 0 Å². The van der Waals surface area contributed by atoms with Crippen molar-refractivity contribution in [3.05, 3.63) is 84.2 Å². The number of hydrogen-bond acceptors (Lipinski definition) is 5. The van der Waals surface area contributed by atoms with E-state index in [2.05, 4.69) is 9.44 Å². The molecule has 3 rings (SSSR count). The molecular weight excluding hydrogens is 435 g/mol. The average Bonchev–Trinajstić information content (AvgIpc) is 2.69. The molecule has 0 saturated heterocycles. The molecule has 0 bridgehead atoms. The van der Waals surface area contributed by atoms with Crippen molar-refractivity contribution in [1.29, 1.82) is 0 Å². The van der Waals surface area contributed by atoms with Crippen molar-refractivity contribution in [3.63, 3.8) is 0 Å². The summed E-state index contributed by atoms with van der Waals surface area (Å²) in [5, 5.41) is 8.99. The minimum Gasteiger partial charge on any atom is -0.478 e. The fourth-order valence-electron chi connectivity index (χ4n) is 2.44. The zero-order valence-electron chi connectivity index (χ0n) is 15.1. The zero-order valence-corrected chi connectivity index (χ0v) is 16.7. The number of carbonyl (C=O) groups is 1. The van der Waals surface area contributed by atoms with Gasteiger partial charge in [0.1, 0.15) is 5.82 Å². The third-order valence-electron chi connectivity index (χ3n) is 3.90. The molecule has 11 heteroatoms. The lowest BCUT2D eigenvalue weighted by atomic mass is 10.2. The SMILES string of the molecule is O=C(O)c1cccc(S(=O)(=O)Nc2ccc(NS(=O)(=O)c3ccc(F)cc3)cc2)c1. The normalized spacial score (nSPS) is 11.6. The predicted octanol–water partition coefficient (Wildman–Crippen LogP) is 3.13. The van der Waals surface area contributed by atoms with E-state index in [1.54, 1.807) is 0 Å². The molecule has 8 nitrogen and oxygen atoms in total. The third kappa shape index (κ3) is 4.93. The van der Waals surface area contributed by atoms with Crippen molar-refractivity contribution >= 4 is 37.4 Å². The summed E-state index contributed by atoms with van der Waals surface area (Å²) >= 11 is 0. The summed E-state index contributed by atoms with van der Waals surface area (Å²) in [6.45, 7) is 0.